The van der Waals surface area contributed by atoms with E-state index in [0.29, 0.717) is 19.0 Å². The van der Waals surface area contributed by atoms with E-state index in [1.165, 1.54) is 18.4 Å². The highest BCUT2D eigenvalue weighted by molar-refractivity contribution is 5.94. The third-order valence-corrected chi connectivity index (χ3v) is 6.66. The number of amides is 2. The van der Waals surface area contributed by atoms with E-state index in [0.717, 1.165) is 44.5 Å². The average molecular weight is 414 g/mol. The van der Waals surface area contributed by atoms with Gasteiger partial charge in [-0.15, -0.1) is 0 Å². The van der Waals surface area contributed by atoms with Crippen molar-refractivity contribution in [3.63, 3.8) is 0 Å². The van der Waals surface area contributed by atoms with Gasteiger partial charge in [0.25, 0.3) is 5.91 Å². The van der Waals surface area contributed by atoms with E-state index in [1.807, 2.05) is 17.0 Å². The Morgan fingerprint density at radius 3 is 2.17 bits per heavy atom. The number of carbonyl (C=O) groups is 2. The Hall–Kier alpha value is -1.88. The fourth-order valence-electron chi connectivity index (χ4n) is 4.80. The second kappa shape index (κ2) is 9.95. The fourth-order valence-corrected chi connectivity index (χ4v) is 4.80. The van der Waals surface area contributed by atoms with Gasteiger partial charge >= 0.3 is 0 Å². The van der Waals surface area contributed by atoms with Gasteiger partial charge in [-0.1, -0.05) is 52.7 Å². The van der Waals surface area contributed by atoms with E-state index >= 15 is 0 Å². The van der Waals surface area contributed by atoms with E-state index in [9.17, 15) is 9.59 Å². The van der Waals surface area contributed by atoms with E-state index in [2.05, 4.69) is 50.0 Å². The summed E-state index contributed by atoms with van der Waals surface area (Å²) in [5, 5.41) is 3.12. The lowest BCUT2D eigenvalue weighted by molar-refractivity contribution is -0.129. The van der Waals surface area contributed by atoms with Crippen molar-refractivity contribution in [2.45, 2.75) is 71.3 Å². The lowest BCUT2D eigenvalue weighted by Crippen LogP contribution is -2.58. The molecule has 5 heteroatoms. The second-order valence-electron chi connectivity index (χ2n) is 9.94. The minimum absolute atomic E-state index is 0.0395. The van der Waals surface area contributed by atoms with Crippen LogP contribution in [0.1, 0.15) is 75.7 Å². The zero-order valence-electron chi connectivity index (χ0n) is 19.2. The maximum atomic E-state index is 13.0. The second-order valence-corrected chi connectivity index (χ2v) is 9.94. The molecule has 1 heterocycles. The maximum absolute atomic E-state index is 13.0. The van der Waals surface area contributed by atoms with Gasteiger partial charge in [-0.05, 0) is 48.3 Å². The maximum Gasteiger partial charge on any atom is 0.253 e. The first-order chi connectivity index (χ1) is 14.3. The normalized spacial score (nSPS) is 19.7. The molecule has 1 atom stereocenters. The highest BCUT2D eigenvalue weighted by Gasteiger charge is 2.37. The van der Waals surface area contributed by atoms with Gasteiger partial charge in [0.15, 0.2) is 0 Å². The third-order valence-electron chi connectivity index (χ3n) is 6.66. The standard InChI is InChI=1S/C25H39N3O2/c1-5-14-26-23(29)22(19-8-6-7-9-19)27-15-17-28(18-16-27)24(30)20-10-12-21(13-11-20)25(2,3)4/h10-13,19,22H,5-9,14-18H2,1-4H3,(H,26,29)/t22-/m0/s1. The molecule has 2 fully saturated rings. The molecule has 0 radical (unpaired) electrons. The van der Waals surface area contributed by atoms with E-state index in [4.69, 9.17) is 0 Å². The van der Waals surface area contributed by atoms with Crippen LogP contribution in [-0.4, -0.2) is 60.4 Å². The predicted molar refractivity (Wildman–Crippen MR) is 122 cm³/mol. The molecule has 3 rings (SSSR count). The molecule has 0 bridgehead atoms. The van der Waals surface area contributed by atoms with Crippen molar-refractivity contribution in [1.82, 2.24) is 15.1 Å². The number of piperazine rings is 1. The van der Waals surface area contributed by atoms with Crippen molar-refractivity contribution in [2.24, 2.45) is 5.92 Å². The molecular formula is C25H39N3O2. The molecule has 0 spiro atoms. The molecule has 1 saturated carbocycles. The van der Waals surface area contributed by atoms with Crippen molar-refractivity contribution in [1.29, 1.82) is 0 Å². The summed E-state index contributed by atoms with van der Waals surface area (Å²) in [6.07, 6.45) is 5.70. The first-order valence-electron chi connectivity index (χ1n) is 11.7. The van der Waals surface area contributed by atoms with Gasteiger partial charge in [0.05, 0.1) is 6.04 Å². The average Bonchev–Trinajstić information content (AvgIpc) is 3.26. The number of hydrogen-bond donors (Lipinski definition) is 1. The molecule has 0 unspecified atom stereocenters. The van der Waals surface area contributed by atoms with E-state index < -0.39 is 0 Å². The summed E-state index contributed by atoms with van der Waals surface area (Å²) in [5.41, 5.74) is 2.08. The summed E-state index contributed by atoms with van der Waals surface area (Å²) in [6.45, 7) is 12.3. The summed E-state index contributed by atoms with van der Waals surface area (Å²) in [5.74, 6) is 0.735. The largest absolute Gasteiger partial charge is 0.355 e. The first kappa shape index (κ1) is 22.8. The monoisotopic (exact) mass is 413 g/mol. The van der Waals surface area contributed by atoms with Crippen molar-refractivity contribution in [3.05, 3.63) is 35.4 Å². The SMILES string of the molecule is CCCNC(=O)[C@H](C1CCCC1)N1CCN(C(=O)c2ccc(C(C)(C)C)cc2)CC1. The van der Waals surface area contributed by atoms with Crippen LogP contribution in [0.15, 0.2) is 24.3 Å². The molecule has 2 aliphatic rings. The van der Waals surface area contributed by atoms with Gasteiger partial charge in [-0.25, -0.2) is 0 Å². The molecule has 1 saturated heterocycles. The Labute approximate surface area is 182 Å². The molecule has 166 valence electrons. The third kappa shape index (κ3) is 5.42. The van der Waals surface area contributed by atoms with Gasteiger partial charge in [-0.2, -0.15) is 0 Å². The Balaban J connectivity index is 1.61. The molecule has 1 aliphatic heterocycles. The quantitative estimate of drug-likeness (QED) is 0.771. The Morgan fingerprint density at radius 2 is 1.63 bits per heavy atom. The smallest absolute Gasteiger partial charge is 0.253 e. The molecule has 1 aliphatic carbocycles. The van der Waals surface area contributed by atoms with Gasteiger partial charge in [-0.3, -0.25) is 14.5 Å². The van der Waals surface area contributed by atoms with Crippen molar-refractivity contribution < 1.29 is 9.59 Å². The zero-order valence-corrected chi connectivity index (χ0v) is 19.2. The molecule has 1 N–H and O–H groups in total. The Kier molecular flexibility index (Phi) is 7.56. The lowest BCUT2D eigenvalue weighted by atomic mass is 9.86. The van der Waals surface area contributed by atoms with Crippen LogP contribution in [0.3, 0.4) is 0 Å². The van der Waals surface area contributed by atoms with Crippen LogP contribution in [0.4, 0.5) is 0 Å². The molecule has 5 nitrogen and oxygen atoms in total. The summed E-state index contributed by atoms with van der Waals surface area (Å²) < 4.78 is 0. The van der Waals surface area contributed by atoms with Crippen molar-refractivity contribution in [3.8, 4) is 0 Å². The first-order valence-corrected chi connectivity index (χ1v) is 11.7. The highest BCUT2D eigenvalue weighted by atomic mass is 16.2. The van der Waals surface area contributed by atoms with Crippen LogP contribution in [0.5, 0.6) is 0 Å². The number of nitrogens with zero attached hydrogens (tertiary/aromatic N) is 2. The summed E-state index contributed by atoms with van der Waals surface area (Å²) >= 11 is 0. The number of hydrogen-bond acceptors (Lipinski definition) is 3. The molecule has 1 aromatic rings. The fraction of sp³-hybridized carbons (Fsp3) is 0.680. The number of benzene rings is 1. The number of nitrogens with one attached hydrogen (secondary N) is 1. The molecule has 30 heavy (non-hydrogen) atoms. The van der Waals surface area contributed by atoms with Crippen molar-refractivity contribution >= 4 is 11.8 Å². The van der Waals surface area contributed by atoms with Gasteiger partial charge in [0.1, 0.15) is 0 Å². The van der Waals surface area contributed by atoms with Crippen LogP contribution >= 0.6 is 0 Å². The van der Waals surface area contributed by atoms with Gasteiger partial charge < -0.3 is 10.2 Å². The molecule has 2 amide bonds. The molecule has 0 aromatic heterocycles. The van der Waals surface area contributed by atoms with Crippen LogP contribution in [0.2, 0.25) is 0 Å². The summed E-state index contributed by atoms with van der Waals surface area (Å²) in [4.78, 5) is 30.2. The van der Waals surface area contributed by atoms with Crippen LogP contribution in [-0.2, 0) is 10.2 Å². The van der Waals surface area contributed by atoms with Crippen LogP contribution < -0.4 is 5.32 Å². The minimum Gasteiger partial charge on any atom is -0.355 e. The lowest BCUT2D eigenvalue weighted by Gasteiger charge is -2.40. The topological polar surface area (TPSA) is 52.7 Å². The van der Waals surface area contributed by atoms with Gasteiger partial charge in [0, 0.05) is 38.3 Å². The number of rotatable bonds is 6. The van der Waals surface area contributed by atoms with Gasteiger partial charge in [0.2, 0.25) is 5.91 Å². The summed E-state index contributed by atoms with van der Waals surface area (Å²) in [7, 11) is 0. The van der Waals surface area contributed by atoms with E-state index in [-0.39, 0.29) is 23.3 Å². The predicted octanol–water partition coefficient (Wildman–Crippen LogP) is 3.83. The van der Waals surface area contributed by atoms with Crippen LogP contribution in [0.25, 0.3) is 0 Å². The highest BCUT2D eigenvalue weighted by Crippen LogP contribution is 2.31. The minimum atomic E-state index is -0.0395. The summed E-state index contributed by atoms with van der Waals surface area (Å²) in [6, 6.07) is 8.00. The Morgan fingerprint density at radius 1 is 1.03 bits per heavy atom. The van der Waals surface area contributed by atoms with E-state index in [1.54, 1.807) is 0 Å². The Bertz CT molecular complexity index is 709. The molecular weight excluding hydrogens is 374 g/mol. The number of carbonyl (C=O) groups excluding carboxylic acids is 2. The molecule has 1 aromatic carbocycles. The van der Waals surface area contributed by atoms with Crippen LogP contribution in [0, 0.1) is 5.92 Å². The zero-order chi connectivity index (χ0) is 21.7. The van der Waals surface area contributed by atoms with Crippen molar-refractivity contribution in [2.75, 3.05) is 32.7 Å².